The first-order valence-corrected chi connectivity index (χ1v) is 5.89. The van der Waals surface area contributed by atoms with E-state index in [1.807, 2.05) is 13.8 Å². The third-order valence-electron chi connectivity index (χ3n) is 2.07. The van der Waals surface area contributed by atoms with Crippen molar-refractivity contribution in [1.29, 1.82) is 0 Å². The van der Waals surface area contributed by atoms with E-state index >= 15 is 0 Å². The first-order valence-electron chi connectivity index (χ1n) is 5.14. The summed E-state index contributed by atoms with van der Waals surface area (Å²) >= 11 is 11.6. The van der Waals surface area contributed by atoms with Crippen molar-refractivity contribution >= 4 is 34.8 Å². The Bertz CT molecular complexity index is 391. The first-order chi connectivity index (χ1) is 7.91. The van der Waals surface area contributed by atoms with Gasteiger partial charge >= 0.3 is 0 Å². The molecule has 0 saturated carbocycles. The van der Waals surface area contributed by atoms with E-state index in [0.29, 0.717) is 12.3 Å². The highest BCUT2D eigenvalue weighted by atomic mass is 35.5. The van der Waals surface area contributed by atoms with Crippen LogP contribution in [0.25, 0.3) is 0 Å². The maximum atomic E-state index is 11.7. The van der Waals surface area contributed by atoms with Crippen molar-refractivity contribution < 1.29 is 4.79 Å². The molecular formula is C10H14Cl2N4O. The zero-order valence-electron chi connectivity index (χ0n) is 9.58. The summed E-state index contributed by atoms with van der Waals surface area (Å²) in [4.78, 5) is 19.2. The molecule has 0 bridgehead atoms. The summed E-state index contributed by atoms with van der Waals surface area (Å²) in [5.41, 5.74) is 5.92. The first kappa shape index (κ1) is 14.2. The lowest BCUT2D eigenvalue weighted by Gasteiger charge is -2.14. The Morgan fingerprint density at radius 2 is 1.94 bits per heavy atom. The summed E-state index contributed by atoms with van der Waals surface area (Å²) < 4.78 is 0. The predicted octanol–water partition coefficient (Wildman–Crippen LogP) is 2.10. The lowest BCUT2D eigenvalue weighted by molar-refractivity contribution is -0.117. The van der Waals surface area contributed by atoms with Gasteiger partial charge < -0.3 is 11.1 Å². The molecule has 1 aromatic heterocycles. The van der Waals surface area contributed by atoms with Gasteiger partial charge in [-0.15, -0.1) is 0 Å². The van der Waals surface area contributed by atoms with Gasteiger partial charge in [0.05, 0.1) is 6.04 Å². The maximum Gasteiger partial charge on any atom is 0.241 e. The number of nitrogens with two attached hydrogens (primary N) is 1. The van der Waals surface area contributed by atoms with Gasteiger partial charge in [0, 0.05) is 0 Å². The van der Waals surface area contributed by atoms with E-state index in [2.05, 4.69) is 15.3 Å². The standard InChI is InChI=1S/C10H14Cl2N4O/c1-5(2)3-6(13)10(17)16-7-8(11)14-4-15-9(7)12/h4-6H,3,13H2,1-2H3,(H,16,17)/t6-/m0/s1. The summed E-state index contributed by atoms with van der Waals surface area (Å²) in [7, 11) is 0. The van der Waals surface area contributed by atoms with E-state index in [0.717, 1.165) is 0 Å². The van der Waals surface area contributed by atoms with Gasteiger partial charge in [-0.3, -0.25) is 4.79 Å². The maximum absolute atomic E-state index is 11.7. The molecule has 0 aliphatic rings. The Labute approximate surface area is 110 Å². The number of nitrogens with one attached hydrogen (secondary N) is 1. The molecule has 0 aliphatic carbocycles. The topological polar surface area (TPSA) is 80.9 Å². The number of hydrogen-bond acceptors (Lipinski definition) is 4. The fourth-order valence-electron chi connectivity index (χ4n) is 1.28. The van der Waals surface area contributed by atoms with Crippen molar-refractivity contribution in [2.45, 2.75) is 26.3 Å². The van der Waals surface area contributed by atoms with Crippen LogP contribution in [-0.4, -0.2) is 21.9 Å². The minimum absolute atomic E-state index is 0.0927. The van der Waals surface area contributed by atoms with E-state index in [1.165, 1.54) is 6.33 Å². The summed E-state index contributed by atoms with van der Waals surface area (Å²) in [5, 5.41) is 2.72. The Hall–Kier alpha value is -0.910. The van der Waals surface area contributed by atoms with Gasteiger partial charge in [-0.2, -0.15) is 0 Å². The number of carbonyl (C=O) groups excluding carboxylic acids is 1. The number of carbonyl (C=O) groups is 1. The molecule has 0 radical (unpaired) electrons. The number of rotatable bonds is 4. The van der Waals surface area contributed by atoms with Crippen molar-refractivity contribution in [3.63, 3.8) is 0 Å². The van der Waals surface area contributed by atoms with Gasteiger partial charge in [-0.25, -0.2) is 9.97 Å². The zero-order valence-corrected chi connectivity index (χ0v) is 11.1. The molecule has 3 N–H and O–H groups in total. The van der Waals surface area contributed by atoms with Gasteiger partial charge in [-0.1, -0.05) is 37.0 Å². The average molecular weight is 277 g/mol. The minimum atomic E-state index is -0.609. The number of anilines is 1. The molecule has 0 spiro atoms. The number of aromatic nitrogens is 2. The van der Waals surface area contributed by atoms with Crippen LogP contribution in [0.4, 0.5) is 5.69 Å². The fourth-order valence-corrected chi connectivity index (χ4v) is 1.69. The summed E-state index contributed by atoms with van der Waals surface area (Å²) in [6.45, 7) is 3.97. The smallest absolute Gasteiger partial charge is 0.241 e. The summed E-state index contributed by atoms with van der Waals surface area (Å²) in [5.74, 6) is -0.0222. The van der Waals surface area contributed by atoms with Crippen molar-refractivity contribution in [3.8, 4) is 0 Å². The molecule has 17 heavy (non-hydrogen) atoms. The third-order valence-corrected chi connectivity index (χ3v) is 2.64. The Kier molecular flexibility index (Phi) is 5.11. The third kappa shape index (κ3) is 4.11. The fraction of sp³-hybridized carbons (Fsp3) is 0.500. The highest BCUT2D eigenvalue weighted by Gasteiger charge is 2.18. The second kappa shape index (κ2) is 6.14. The van der Waals surface area contributed by atoms with Crippen molar-refractivity contribution in [2.75, 3.05) is 5.32 Å². The van der Waals surface area contributed by atoms with Crippen LogP contribution in [0.1, 0.15) is 20.3 Å². The van der Waals surface area contributed by atoms with Crippen molar-refractivity contribution in [3.05, 3.63) is 16.6 Å². The van der Waals surface area contributed by atoms with E-state index in [4.69, 9.17) is 28.9 Å². The lowest BCUT2D eigenvalue weighted by atomic mass is 10.0. The van der Waals surface area contributed by atoms with Crippen molar-refractivity contribution in [2.24, 2.45) is 11.7 Å². The Balaban J connectivity index is 2.74. The molecule has 0 fully saturated rings. The number of hydrogen-bond donors (Lipinski definition) is 2. The van der Waals surface area contributed by atoms with Gasteiger partial charge in [0.1, 0.15) is 12.0 Å². The van der Waals surface area contributed by atoms with Crippen LogP contribution in [0.15, 0.2) is 6.33 Å². The quantitative estimate of drug-likeness (QED) is 0.826. The molecule has 0 aromatic carbocycles. The lowest BCUT2D eigenvalue weighted by Crippen LogP contribution is -2.36. The molecule has 1 amide bonds. The van der Waals surface area contributed by atoms with Gasteiger partial charge in [0.15, 0.2) is 10.3 Å². The molecule has 0 saturated heterocycles. The van der Waals surface area contributed by atoms with E-state index in [-0.39, 0.29) is 21.9 Å². The van der Waals surface area contributed by atoms with Crippen LogP contribution in [-0.2, 0) is 4.79 Å². The second-order valence-corrected chi connectivity index (χ2v) is 4.77. The second-order valence-electron chi connectivity index (χ2n) is 4.06. The molecule has 1 heterocycles. The number of amides is 1. The Morgan fingerprint density at radius 3 is 2.41 bits per heavy atom. The molecule has 94 valence electrons. The molecule has 7 heteroatoms. The van der Waals surface area contributed by atoms with E-state index in [1.54, 1.807) is 0 Å². The van der Waals surface area contributed by atoms with Crippen LogP contribution >= 0.6 is 23.2 Å². The average Bonchev–Trinajstić information content (AvgIpc) is 2.22. The molecular weight excluding hydrogens is 263 g/mol. The monoisotopic (exact) mass is 276 g/mol. The molecule has 1 atom stereocenters. The van der Waals surface area contributed by atoms with Gasteiger partial charge in [0.25, 0.3) is 0 Å². The molecule has 0 aliphatic heterocycles. The molecule has 1 rings (SSSR count). The zero-order chi connectivity index (χ0) is 13.0. The summed E-state index contributed by atoms with van der Waals surface area (Å²) in [6.07, 6.45) is 1.79. The van der Waals surface area contributed by atoms with Crippen LogP contribution < -0.4 is 11.1 Å². The van der Waals surface area contributed by atoms with Gasteiger partial charge in [-0.05, 0) is 12.3 Å². The SMILES string of the molecule is CC(C)C[C@H](N)C(=O)Nc1c(Cl)ncnc1Cl. The molecule has 5 nitrogen and oxygen atoms in total. The van der Waals surface area contributed by atoms with Crippen LogP contribution in [0.3, 0.4) is 0 Å². The summed E-state index contributed by atoms with van der Waals surface area (Å²) in [6, 6.07) is -0.609. The van der Waals surface area contributed by atoms with Gasteiger partial charge in [0.2, 0.25) is 5.91 Å². The normalized spacial score (nSPS) is 12.6. The van der Waals surface area contributed by atoms with Crippen LogP contribution in [0, 0.1) is 5.92 Å². The van der Waals surface area contributed by atoms with Crippen LogP contribution in [0.2, 0.25) is 10.3 Å². The number of nitrogens with zero attached hydrogens (tertiary/aromatic N) is 2. The number of halogens is 2. The molecule has 0 unspecified atom stereocenters. The Morgan fingerprint density at radius 1 is 1.41 bits per heavy atom. The largest absolute Gasteiger partial charge is 0.320 e. The van der Waals surface area contributed by atoms with E-state index in [9.17, 15) is 4.79 Å². The van der Waals surface area contributed by atoms with Crippen molar-refractivity contribution in [1.82, 2.24) is 9.97 Å². The predicted molar refractivity (Wildman–Crippen MR) is 68.1 cm³/mol. The van der Waals surface area contributed by atoms with Crippen LogP contribution in [0.5, 0.6) is 0 Å². The van der Waals surface area contributed by atoms with E-state index < -0.39 is 6.04 Å². The highest BCUT2D eigenvalue weighted by Crippen LogP contribution is 2.25. The minimum Gasteiger partial charge on any atom is -0.320 e. The molecule has 1 aromatic rings. The highest BCUT2D eigenvalue weighted by molar-refractivity contribution is 6.38.